The molecule has 0 bridgehead atoms. The lowest BCUT2D eigenvalue weighted by molar-refractivity contribution is 0.131. The lowest BCUT2D eigenvalue weighted by atomic mass is 9.88. The van der Waals surface area contributed by atoms with Crippen LogP contribution >= 0.6 is 0 Å². The second kappa shape index (κ2) is 5.91. The van der Waals surface area contributed by atoms with Gasteiger partial charge in [-0.15, -0.1) is 0 Å². The van der Waals surface area contributed by atoms with Crippen LogP contribution in [0.15, 0.2) is 0 Å². The van der Waals surface area contributed by atoms with Gasteiger partial charge < -0.3 is 15.1 Å². The number of nitrogens with zero attached hydrogens (tertiary/aromatic N) is 2. The van der Waals surface area contributed by atoms with Crippen molar-refractivity contribution in [3.63, 3.8) is 0 Å². The summed E-state index contributed by atoms with van der Waals surface area (Å²) in [4.78, 5) is 16.7. The average Bonchev–Trinajstić information content (AvgIpc) is 2.78. The summed E-state index contributed by atoms with van der Waals surface area (Å²) < 4.78 is 0. The minimum atomic E-state index is 0.145. The molecule has 0 aromatic heterocycles. The molecule has 4 heteroatoms. The number of nitrogens with one attached hydrogen (secondary N) is 1. The molecule has 0 unspecified atom stereocenters. The Bertz CT molecular complexity index is 285. The van der Waals surface area contributed by atoms with Gasteiger partial charge in [0.1, 0.15) is 0 Å². The third kappa shape index (κ3) is 3.16. The van der Waals surface area contributed by atoms with Crippen molar-refractivity contribution >= 4 is 6.03 Å². The second-order valence-corrected chi connectivity index (χ2v) is 6.15. The molecule has 0 aromatic rings. The average molecular weight is 253 g/mol. The van der Waals surface area contributed by atoms with Gasteiger partial charge in [0.05, 0.1) is 0 Å². The standard InChI is InChI=1S/C14H27N3O/c1-11(2)15-14(18)17-8-4-5-13(17)12-6-9-16(3)10-7-12/h11-13H,4-10H2,1-3H3,(H,15,18)/t13-/m0/s1. The van der Waals surface area contributed by atoms with E-state index in [1.54, 1.807) is 0 Å². The van der Waals surface area contributed by atoms with E-state index < -0.39 is 0 Å². The molecule has 2 amide bonds. The Hall–Kier alpha value is -0.770. The summed E-state index contributed by atoms with van der Waals surface area (Å²) in [6.07, 6.45) is 4.85. The van der Waals surface area contributed by atoms with Crippen molar-refractivity contribution in [2.24, 2.45) is 5.92 Å². The first-order valence-corrected chi connectivity index (χ1v) is 7.33. The zero-order valence-electron chi connectivity index (χ0n) is 12.0. The number of urea groups is 1. The molecule has 0 aliphatic carbocycles. The maximum Gasteiger partial charge on any atom is 0.317 e. The van der Waals surface area contributed by atoms with Crippen molar-refractivity contribution < 1.29 is 4.79 Å². The zero-order chi connectivity index (χ0) is 13.1. The highest BCUT2D eigenvalue weighted by atomic mass is 16.2. The van der Waals surface area contributed by atoms with Crippen LogP contribution in [-0.2, 0) is 0 Å². The highest BCUT2D eigenvalue weighted by molar-refractivity contribution is 5.75. The highest BCUT2D eigenvalue weighted by Gasteiger charge is 2.35. The molecule has 0 radical (unpaired) electrons. The molecule has 2 heterocycles. The van der Waals surface area contributed by atoms with Crippen molar-refractivity contribution in [2.75, 3.05) is 26.7 Å². The van der Waals surface area contributed by atoms with E-state index in [0.717, 1.165) is 6.54 Å². The van der Waals surface area contributed by atoms with E-state index in [4.69, 9.17) is 0 Å². The fourth-order valence-electron chi connectivity index (χ4n) is 3.28. The third-order valence-electron chi connectivity index (χ3n) is 4.28. The fraction of sp³-hybridized carbons (Fsp3) is 0.929. The van der Waals surface area contributed by atoms with Gasteiger partial charge in [-0.25, -0.2) is 4.79 Å². The molecule has 2 aliphatic heterocycles. The number of carbonyl (C=O) groups is 1. The quantitative estimate of drug-likeness (QED) is 0.816. The van der Waals surface area contributed by atoms with Crippen LogP contribution in [0, 0.1) is 5.92 Å². The van der Waals surface area contributed by atoms with Crippen molar-refractivity contribution in [1.82, 2.24) is 15.1 Å². The molecule has 1 N–H and O–H groups in total. The molecule has 0 aromatic carbocycles. The van der Waals surface area contributed by atoms with Crippen LogP contribution < -0.4 is 5.32 Å². The minimum Gasteiger partial charge on any atom is -0.336 e. The first-order valence-electron chi connectivity index (χ1n) is 7.33. The summed E-state index contributed by atoms with van der Waals surface area (Å²) in [5.74, 6) is 0.710. The number of piperidine rings is 1. The van der Waals surface area contributed by atoms with E-state index in [2.05, 4.69) is 22.2 Å². The Kier molecular flexibility index (Phi) is 4.49. The predicted molar refractivity (Wildman–Crippen MR) is 73.6 cm³/mol. The van der Waals surface area contributed by atoms with Crippen LogP contribution in [0.1, 0.15) is 39.5 Å². The van der Waals surface area contributed by atoms with Gasteiger partial charge in [0.25, 0.3) is 0 Å². The summed E-state index contributed by atoms with van der Waals surface area (Å²) in [5, 5.41) is 3.04. The maximum absolute atomic E-state index is 12.2. The van der Waals surface area contributed by atoms with Crippen LogP contribution in [0.5, 0.6) is 0 Å². The number of amides is 2. The lowest BCUT2D eigenvalue weighted by Gasteiger charge is -2.37. The van der Waals surface area contributed by atoms with Crippen molar-refractivity contribution in [2.45, 2.75) is 51.6 Å². The van der Waals surface area contributed by atoms with E-state index in [0.29, 0.717) is 12.0 Å². The normalized spacial score (nSPS) is 26.9. The van der Waals surface area contributed by atoms with Crippen molar-refractivity contribution in [3.8, 4) is 0 Å². The topological polar surface area (TPSA) is 35.6 Å². The van der Waals surface area contributed by atoms with Gasteiger partial charge in [-0.3, -0.25) is 0 Å². The molecule has 4 nitrogen and oxygen atoms in total. The number of likely N-dealkylation sites (tertiary alicyclic amines) is 2. The summed E-state index contributed by atoms with van der Waals surface area (Å²) in [6.45, 7) is 7.36. The Balaban J connectivity index is 1.92. The van der Waals surface area contributed by atoms with E-state index in [1.165, 1.54) is 38.8 Å². The zero-order valence-corrected chi connectivity index (χ0v) is 12.0. The first kappa shape index (κ1) is 13.7. The van der Waals surface area contributed by atoms with E-state index in [9.17, 15) is 4.79 Å². The van der Waals surface area contributed by atoms with E-state index >= 15 is 0 Å². The SMILES string of the molecule is CC(C)NC(=O)N1CCC[C@H]1C1CCN(C)CC1. The predicted octanol–water partition coefficient (Wildman–Crippen LogP) is 1.91. The summed E-state index contributed by atoms with van der Waals surface area (Å²) in [5.41, 5.74) is 0. The first-order chi connectivity index (χ1) is 8.58. The van der Waals surface area contributed by atoms with Gasteiger partial charge in [-0.1, -0.05) is 0 Å². The Morgan fingerprint density at radius 1 is 1.17 bits per heavy atom. The minimum absolute atomic E-state index is 0.145. The largest absolute Gasteiger partial charge is 0.336 e. The van der Waals surface area contributed by atoms with Gasteiger partial charge in [-0.2, -0.15) is 0 Å². The number of hydrogen-bond donors (Lipinski definition) is 1. The molecule has 2 aliphatic rings. The molecule has 2 fully saturated rings. The van der Waals surface area contributed by atoms with Crippen LogP contribution in [-0.4, -0.2) is 54.6 Å². The second-order valence-electron chi connectivity index (χ2n) is 6.15. The molecule has 2 rings (SSSR count). The lowest BCUT2D eigenvalue weighted by Crippen LogP contribution is -2.49. The van der Waals surface area contributed by atoms with Crippen LogP contribution in [0.3, 0.4) is 0 Å². The Morgan fingerprint density at radius 3 is 2.44 bits per heavy atom. The number of rotatable bonds is 2. The fourth-order valence-corrected chi connectivity index (χ4v) is 3.28. The molecule has 18 heavy (non-hydrogen) atoms. The van der Waals surface area contributed by atoms with Gasteiger partial charge in [0.15, 0.2) is 0 Å². The molecule has 0 spiro atoms. The molecular formula is C14H27N3O. The van der Waals surface area contributed by atoms with E-state index in [1.807, 2.05) is 13.8 Å². The van der Waals surface area contributed by atoms with Crippen molar-refractivity contribution in [3.05, 3.63) is 0 Å². The van der Waals surface area contributed by atoms with Crippen molar-refractivity contribution in [1.29, 1.82) is 0 Å². The van der Waals surface area contributed by atoms with E-state index in [-0.39, 0.29) is 12.1 Å². The van der Waals surface area contributed by atoms with Crippen LogP contribution in [0.4, 0.5) is 4.79 Å². The summed E-state index contributed by atoms with van der Waals surface area (Å²) >= 11 is 0. The molecule has 104 valence electrons. The summed E-state index contributed by atoms with van der Waals surface area (Å²) in [7, 11) is 2.19. The Morgan fingerprint density at radius 2 is 1.83 bits per heavy atom. The van der Waals surface area contributed by atoms with Gasteiger partial charge in [0, 0.05) is 18.6 Å². The molecule has 0 saturated carbocycles. The maximum atomic E-state index is 12.2. The molecular weight excluding hydrogens is 226 g/mol. The molecule has 2 saturated heterocycles. The smallest absolute Gasteiger partial charge is 0.317 e. The van der Waals surface area contributed by atoms with Gasteiger partial charge in [0.2, 0.25) is 0 Å². The third-order valence-corrected chi connectivity index (χ3v) is 4.28. The number of hydrogen-bond acceptors (Lipinski definition) is 2. The number of carbonyl (C=O) groups excluding carboxylic acids is 1. The summed E-state index contributed by atoms with van der Waals surface area (Å²) in [6, 6.07) is 0.861. The highest BCUT2D eigenvalue weighted by Crippen LogP contribution is 2.30. The van der Waals surface area contributed by atoms with Crippen LogP contribution in [0.2, 0.25) is 0 Å². The van der Waals surface area contributed by atoms with Crippen LogP contribution in [0.25, 0.3) is 0 Å². The molecule has 1 atom stereocenters. The monoisotopic (exact) mass is 253 g/mol. The van der Waals surface area contributed by atoms with Gasteiger partial charge >= 0.3 is 6.03 Å². The Labute approximate surface area is 111 Å². The van der Waals surface area contributed by atoms with Gasteiger partial charge in [-0.05, 0) is 65.6 Å².